The number of carbonyl (C=O) groups excluding carboxylic acids is 1. The molecule has 0 unspecified atom stereocenters. The second-order valence-electron chi connectivity index (χ2n) is 3.71. The summed E-state index contributed by atoms with van der Waals surface area (Å²) in [5, 5.41) is 8.60. The number of aliphatic carboxylic acids is 1. The number of carbonyl (C=O) groups is 2. The van der Waals surface area contributed by atoms with E-state index in [1.165, 1.54) is 13.2 Å². The van der Waals surface area contributed by atoms with Crippen molar-refractivity contribution in [3.63, 3.8) is 0 Å². The van der Waals surface area contributed by atoms with Crippen LogP contribution in [0.25, 0.3) is 6.08 Å². The quantitative estimate of drug-likeness (QED) is 0.468. The molecule has 0 spiro atoms. The maximum atomic E-state index is 11.1. The summed E-state index contributed by atoms with van der Waals surface area (Å²) in [6.45, 7) is 0. The van der Waals surface area contributed by atoms with Gasteiger partial charge < -0.3 is 15.6 Å². The van der Waals surface area contributed by atoms with Gasteiger partial charge in [0.05, 0.1) is 7.11 Å². The van der Waals surface area contributed by atoms with Crippen LogP contribution in [0.1, 0.15) is 17.5 Å². The zero-order valence-corrected chi connectivity index (χ0v) is 10.1. The number of esters is 1. The molecule has 0 amide bonds. The van der Waals surface area contributed by atoms with Crippen molar-refractivity contribution in [1.82, 2.24) is 0 Å². The van der Waals surface area contributed by atoms with Crippen LogP contribution in [0.15, 0.2) is 24.3 Å². The van der Waals surface area contributed by atoms with E-state index in [0.717, 1.165) is 11.6 Å². The minimum atomic E-state index is -1.03. The Morgan fingerprint density at radius 2 is 2.17 bits per heavy atom. The van der Waals surface area contributed by atoms with Gasteiger partial charge in [-0.3, -0.25) is 4.79 Å². The Labute approximate surface area is 105 Å². The number of anilines is 1. The summed E-state index contributed by atoms with van der Waals surface area (Å²) < 4.78 is 4.56. The van der Waals surface area contributed by atoms with Gasteiger partial charge in [-0.1, -0.05) is 6.07 Å². The van der Waals surface area contributed by atoms with Gasteiger partial charge in [0.2, 0.25) is 0 Å². The standard InChI is InChI=1S/C13H15NO4/c1-18-13(17)7-4-9-2-5-11(14)8-10(9)3-6-12(15)16/h2-3,5-6,8H,4,7,14H2,1H3,(H,15,16)/b6-3+. The zero-order valence-electron chi connectivity index (χ0n) is 10.1. The Morgan fingerprint density at radius 3 is 2.78 bits per heavy atom. The fourth-order valence-corrected chi connectivity index (χ4v) is 1.50. The lowest BCUT2D eigenvalue weighted by Gasteiger charge is -2.06. The third-order valence-electron chi connectivity index (χ3n) is 2.40. The molecule has 1 rings (SSSR count). The molecule has 96 valence electrons. The third kappa shape index (κ3) is 4.29. The van der Waals surface area contributed by atoms with Gasteiger partial charge in [-0.25, -0.2) is 4.79 Å². The van der Waals surface area contributed by atoms with Crippen LogP contribution in [-0.4, -0.2) is 24.2 Å². The second kappa shape index (κ2) is 6.44. The van der Waals surface area contributed by atoms with E-state index in [9.17, 15) is 9.59 Å². The summed E-state index contributed by atoms with van der Waals surface area (Å²) in [6, 6.07) is 5.16. The number of nitrogens with two attached hydrogens (primary N) is 1. The molecule has 0 aliphatic rings. The van der Waals surface area contributed by atoms with Crippen LogP contribution in [0.3, 0.4) is 0 Å². The number of benzene rings is 1. The molecular formula is C13H15NO4. The third-order valence-corrected chi connectivity index (χ3v) is 2.40. The van der Waals surface area contributed by atoms with E-state index in [2.05, 4.69) is 4.74 Å². The Balaban J connectivity index is 2.89. The normalized spacial score (nSPS) is 10.5. The van der Waals surface area contributed by atoms with Gasteiger partial charge in [0.15, 0.2) is 0 Å². The largest absolute Gasteiger partial charge is 0.478 e. The first-order valence-corrected chi connectivity index (χ1v) is 5.39. The van der Waals surface area contributed by atoms with Crippen LogP contribution in [0.5, 0.6) is 0 Å². The Kier molecular flexibility index (Phi) is 4.92. The number of ether oxygens (including phenoxy) is 1. The summed E-state index contributed by atoms with van der Waals surface area (Å²) in [5.74, 6) is -1.34. The highest BCUT2D eigenvalue weighted by Gasteiger charge is 2.05. The Morgan fingerprint density at radius 1 is 1.44 bits per heavy atom. The van der Waals surface area contributed by atoms with E-state index in [1.807, 2.05) is 0 Å². The average Bonchev–Trinajstić information content (AvgIpc) is 2.34. The van der Waals surface area contributed by atoms with Crippen molar-refractivity contribution in [3.8, 4) is 0 Å². The van der Waals surface area contributed by atoms with E-state index in [-0.39, 0.29) is 12.4 Å². The molecule has 5 heteroatoms. The van der Waals surface area contributed by atoms with E-state index >= 15 is 0 Å². The minimum Gasteiger partial charge on any atom is -0.478 e. The first-order chi connectivity index (χ1) is 8.52. The van der Waals surface area contributed by atoms with Crippen molar-refractivity contribution in [2.75, 3.05) is 12.8 Å². The van der Waals surface area contributed by atoms with Crippen molar-refractivity contribution in [2.24, 2.45) is 0 Å². The van der Waals surface area contributed by atoms with Gasteiger partial charge >= 0.3 is 11.9 Å². The lowest BCUT2D eigenvalue weighted by atomic mass is 10.0. The van der Waals surface area contributed by atoms with Crippen LogP contribution >= 0.6 is 0 Å². The van der Waals surface area contributed by atoms with Crippen LogP contribution in [0.2, 0.25) is 0 Å². The molecule has 0 saturated heterocycles. The summed E-state index contributed by atoms with van der Waals surface area (Å²) in [7, 11) is 1.33. The maximum Gasteiger partial charge on any atom is 0.328 e. The molecule has 18 heavy (non-hydrogen) atoms. The topological polar surface area (TPSA) is 89.6 Å². The summed E-state index contributed by atoms with van der Waals surface area (Å²) >= 11 is 0. The average molecular weight is 249 g/mol. The molecule has 0 bridgehead atoms. The monoisotopic (exact) mass is 249 g/mol. The molecule has 3 N–H and O–H groups in total. The summed E-state index contributed by atoms with van der Waals surface area (Å²) in [5.41, 5.74) is 7.74. The van der Waals surface area contributed by atoms with Gasteiger partial charge in [-0.15, -0.1) is 0 Å². The van der Waals surface area contributed by atoms with E-state index in [4.69, 9.17) is 10.8 Å². The van der Waals surface area contributed by atoms with Crippen molar-refractivity contribution in [2.45, 2.75) is 12.8 Å². The molecule has 5 nitrogen and oxygen atoms in total. The number of hydrogen-bond acceptors (Lipinski definition) is 4. The molecule has 0 aliphatic carbocycles. The minimum absolute atomic E-state index is 0.244. The molecule has 0 saturated carbocycles. The van der Waals surface area contributed by atoms with E-state index in [0.29, 0.717) is 17.7 Å². The van der Waals surface area contributed by atoms with Gasteiger partial charge in [-0.2, -0.15) is 0 Å². The number of nitrogen functional groups attached to an aromatic ring is 1. The molecule has 0 atom stereocenters. The van der Waals surface area contributed by atoms with E-state index in [1.54, 1.807) is 18.2 Å². The predicted octanol–water partition coefficient (Wildman–Crippen LogP) is 1.47. The highest BCUT2D eigenvalue weighted by molar-refractivity contribution is 5.86. The number of methoxy groups -OCH3 is 1. The number of aryl methyl sites for hydroxylation is 1. The highest BCUT2D eigenvalue weighted by Crippen LogP contribution is 2.17. The molecule has 0 aromatic heterocycles. The highest BCUT2D eigenvalue weighted by atomic mass is 16.5. The molecule has 0 fully saturated rings. The molecular weight excluding hydrogens is 234 g/mol. The molecule has 1 aromatic rings. The zero-order chi connectivity index (χ0) is 13.5. The summed E-state index contributed by atoms with van der Waals surface area (Å²) in [6.07, 6.45) is 3.22. The first kappa shape index (κ1) is 13.8. The number of hydrogen-bond donors (Lipinski definition) is 2. The van der Waals surface area contributed by atoms with Crippen molar-refractivity contribution < 1.29 is 19.4 Å². The smallest absolute Gasteiger partial charge is 0.328 e. The SMILES string of the molecule is COC(=O)CCc1ccc(N)cc1/C=C/C(=O)O. The van der Waals surface area contributed by atoms with Crippen molar-refractivity contribution in [1.29, 1.82) is 0 Å². The molecule has 0 radical (unpaired) electrons. The number of rotatable bonds is 5. The van der Waals surface area contributed by atoms with Gasteiger partial charge in [-0.05, 0) is 35.8 Å². The Hall–Kier alpha value is -2.30. The Bertz CT molecular complexity index is 480. The van der Waals surface area contributed by atoms with Crippen LogP contribution in [-0.2, 0) is 20.7 Å². The van der Waals surface area contributed by atoms with Gasteiger partial charge in [0.1, 0.15) is 0 Å². The lowest BCUT2D eigenvalue weighted by molar-refractivity contribution is -0.140. The van der Waals surface area contributed by atoms with Gasteiger partial charge in [0, 0.05) is 18.2 Å². The molecule has 0 heterocycles. The second-order valence-corrected chi connectivity index (χ2v) is 3.71. The maximum absolute atomic E-state index is 11.1. The fourth-order valence-electron chi connectivity index (χ4n) is 1.50. The fraction of sp³-hybridized carbons (Fsp3) is 0.231. The van der Waals surface area contributed by atoms with Crippen LogP contribution in [0, 0.1) is 0 Å². The summed E-state index contributed by atoms with van der Waals surface area (Å²) in [4.78, 5) is 21.6. The predicted molar refractivity (Wildman–Crippen MR) is 67.9 cm³/mol. The van der Waals surface area contributed by atoms with Crippen LogP contribution in [0.4, 0.5) is 5.69 Å². The first-order valence-electron chi connectivity index (χ1n) is 5.39. The molecule has 0 aliphatic heterocycles. The van der Waals surface area contributed by atoms with Crippen molar-refractivity contribution in [3.05, 3.63) is 35.4 Å². The van der Waals surface area contributed by atoms with Crippen molar-refractivity contribution >= 4 is 23.7 Å². The van der Waals surface area contributed by atoms with Crippen LogP contribution < -0.4 is 5.73 Å². The number of carboxylic acid groups (broad SMARTS) is 1. The van der Waals surface area contributed by atoms with Gasteiger partial charge in [0.25, 0.3) is 0 Å². The lowest BCUT2D eigenvalue weighted by Crippen LogP contribution is -2.03. The molecule has 1 aromatic carbocycles. The van der Waals surface area contributed by atoms with E-state index < -0.39 is 5.97 Å². The number of carboxylic acids is 1.